The zero-order valence-corrected chi connectivity index (χ0v) is 25.4. The molecule has 2 aromatic rings. The van der Waals surface area contributed by atoms with E-state index in [1.807, 2.05) is 60.7 Å². The first-order valence-electron chi connectivity index (χ1n) is 15.2. The Morgan fingerprint density at radius 1 is 0.658 bits per heavy atom. The predicted molar refractivity (Wildman–Crippen MR) is 165 cm³/mol. The monoisotopic (exact) mass is 537 g/mol. The fourth-order valence-electron chi connectivity index (χ4n) is 5.20. The van der Waals surface area contributed by atoms with Crippen LogP contribution in [0.2, 0.25) is 0 Å². The molecule has 0 amide bonds. The molecular weight excluding hydrogens is 485 g/mol. The maximum atomic E-state index is 7.02. The van der Waals surface area contributed by atoms with Crippen molar-refractivity contribution in [1.82, 2.24) is 0 Å². The zero-order valence-electron chi connectivity index (χ0n) is 24.5. The number of benzene rings is 2. The molecule has 0 fully saturated rings. The van der Waals surface area contributed by atoms with Crippen molar-refractivity contribution in [1.29, 1.82) is 0 Å². The van der Waals surface area contributed by atoms with E-state index in [1.165, 1.54) is 70.6 Å². The van der Waals surface area contributed by atoms with Crippen LogP contribution in [0, 0.1) is 0 Å². The van der Waals surface area contributed by atoms with Crippen LogP contribution < -0.4 is 9.05 Å². The fraction of sp³-hybridized carbons (Fsp3) is 0.588. The topological polar surface area (TPSA) is 30.8 Å². The number of hydrogen-bond acceptors (Lipinski definition) is 3. The molecule has 3 nitrogen and oxygen atoms in total. The van der Waals surface area contributed by atoms with E-state index in [4.69, 9.17) is 13.8 Å². The minimum absolute atomic E-state index is 0.259. The lowest BCUT2D eigenvalue weighted by atomic mass is 9.97. The summed E-state index contributed by atoms with van der Waals surface area (Å²) in [6.45, 7) is 9.09. The van der Waals surface area contributed by atoms with E-state index >= 15 is 0 Å². The standard InChI is InChI=1S/C34H52NO2P/c1-5-34(4)30-24-16-14-12-10-8-6-7-9-11-13-15-23-29-33(2,3)35-38(34,36-31-25-19-17-20-26-31)37-32-27-21-18-22-28-32/h17-22,24-28,30H,5-16,23,29H2,1-4H3. The Bertz CT molecular complexity index is 956. The Morgan fingerprint density at radius 2 is 1.11 bits per heavy atom. The fourth-order valence-corrected chi connectivity index (χ4v) is 8.28. The molecule has 1 heterocycles. The molecular formula is C34H52NO2P. The Morgan fingerprint density at radius 3 is 1.58 bits per heavy atom. The van der Waals surface area contributed by atoms with Gasteiger partial charge >= 0.3 is 7.51 Å². The Kier molecular flexibility index (Phi) is 12.5. The first-order chi connectivity index (χ1) is 18.4. The normalized spacial score (nSPS) is 23.7. The van der Waals surface area contributed by atoms with Crippen molar-refractivity contribution in [2.45, 2.75) is 128 Å². The van der Waals surface area contributed by atoms with Crippen LogP contribution in [0.3, 0.4) is 0 Å². The third kappa shape index (κ3) is 9.64. The smallest absolute Gasteiger partial charge is 0.324 e. The molecule has 0 aliphatic carbocycles. The molecule has 4 heteroatoms. The average Bonchev–Trinajstić information content (AvgIpc) is 2.91. The van der Waals surface area contributed by atoms with Gasteiger partial charge in [0.15, 0.2) is 0 Å². The van der Waals surface area contributed by atoms with Crippen LogP contribution in [-0.2, 0) is 0 Å². The second-order valence-corrected chi connectivity index (χ2v) is 14.4. The molecule has 1 aliphatic heterocycles. The minimum Gasteiger partial charge on any atom is -0.429 e. The summed E-state index contributed by atoms with van der Waals surface area (Å²) in [5.41, 5.74) is -0.259. The lowest BCUT2D eigenvalue weighted by Crippen LogP contribution is -2.30. The highest BCUT2D eigenvalue weighted by molar-refractivity contribution is 7.59. The molecule has 1 unspecified atom stereocenters. The minimum atomic E-state index is -2.86. The molecule has 0 radical (unpaired) electrons. The third-order valence-electron chi connectivity index (χ3n) is 7.84. The van der Waals surface area contributed by atoms with Crippen molar-refractivity contribution < 1.29 is 9.05 Å². The van der Waals surface area contributed by atoms with Crippen molar-refractivity contribution in [2.24, 2.45) is 4.74 Å². The van der Waals surface area contributed by atoms with Crippen LogP contribution in [-0.4, -0.2) is 10.7 Å². The molecule has 38 heavy (non-hydrogen) atoms. The number of hydrogen-bond donors (Lipinski definition) is 0. The predicted octanol–water partition coefficient (Wildman–Crippen LogP) is 11.8. The highest BCUT2D eigenvalue weighted by Crippen LogP contribution is 2.65. The molecule has 1 atom stereocenters. The Balaban J connectivity index is 2.07. The van der Waals surface area contributed by atoms with E-state index in [1.54, 1.807) is 0 Å². The van der Waals surface area contributed by atoms with Crippen LogP contribution in [0.5, 0.6) is 11.5 Å². The summed E-state index contributed by atoms with van der Waals surface area (Å²) in [6.07, 6.45) is 22.4. The van der Waals surface area contributed by atoms with Gasteiger partial charge in [-0.2, -0.15) is 0 Å². The molecule has 0 N–H and O–H groups in total. The summed E-state index contributed by atoms with van der Waals surface area (Å²) in [7, 11) is -2.86. The molecule has 0 bridgehead atoms. The number of rotatable bonds is 5. The van der Waals surface area contributed by atoms with Crippen LogP contribution in [0.15, 0.2) is 77.6 Å². The van der Waals surface area contributed by atoms with Gasteiger partial charge in [-0.15, -0.1) is 0 Å². The Hall–Kier alpha value is -1.99. The molecule has 0 saturated carbocycles. The van der Waals surface area contributed by atoms with Gasteiger partial charge in [0.05, 0.1) is 10.7 Å². The number of nitrogens with zero attached hydrogens (tertiary/aromatic N) is 1. The summed E-state index contributed by atoms with van der Waals surface area (Å²) in [4.78, 5) is 0. The zero-order chi connectivity index (χ0) is 27.2. The van der Waals surface area contributed by atoms with E-state index < -0.39 is 7.51 Å². The molecule has 0 saturated heterocycles. The third-order valence-corrected chi connectivity index (χ3v) is 11.3. The summed E-state index contributed by atoms with van der Waals surface area (Å²) >= 11 is 0. The summed E-state index contributed by atoms with van der Waals surface area (Å²) in [5, 5.41) is -0.362. The summed E-state index contributed by atoms with van der Waals surface area (Å²) in [6, 6.07) is 20.3. The molecule has 3 rings (SSSR count). The van der Waals surface area contributed by atoms with Crippen molar-refractivity contribution in [3.8, 4) is 11.5 Å². The Labute approximate surface area is 233 Å². The van der Waals surface area contributed by atoms with E-state index in [-0.39, 0.29) is 10.7 Å². The highest BCUT2D eigenvalue weighted by Gasteiger charge is 2.46. The van der Waals surface area contributed by atoms with Crippen molar-refractivity contribution >= 4 is 7.51 Å². The lowest BCUT2D eigenvalue weighted by molar-refractivity contribution is 0.398. The van der Waals surface area contributed by atoms with Gasteiger partial charge in [-0.25, -0.2) is 4.74 Å². The van der Waals surface area contributed by atoms with Gasteiger partial charge in [0.25, 0.3) is 0 Å². The summed E-state index contributed by atoms with van der Waals surface area (Å²) in [5.74, 6) is 1.64. The van der Waals surface area contributed by atoms with Crippen LogP contribution in [0.4, 0.5) is 0 Å². The molecule has 2 aromatic carbocycles. The van der Waals surface area contributed by atoms with Gasteiger partial charge in [-0.05, 0) is 70.7 Å². The first kappa shape index (κ1) is 30.6. The quantitative estimate of drug-likeness (QED) is 0.280. The van der Waals surface area contributed by atoms with Gasteiger partial charge in [0.2, 0.25) is 0 Å². The number of para-hydroxylation sites is 2. The lowest BCUT2D eigenvalue weighted by Gasteiger charge is -2.40. The molecule has 1 aliphatic rings. The van der Waals surface area contributed by atoms with Gasteiger partial charge in [-0.3, -0.25) is 0 Å². The SMILES string of the molecule is CCC1(C)C=CCCCCCCCCCCCCCC(C)(C)N=P1(Oc1ccccc1)Oc1ccccc1. The van der Waals surface area contributed by atoms with Crippen molar-refractivity contribution in [3.63, 3.8) is 0 Å². The molecule has 0 spiro atoms. The maximum absolute atomic E-state index is 7.02. The number of allylic oxidation sites excluding steroid dienone is 2. The average molecular weight is 538 g/mol. The first-order valence-corrected chi connectivity index (χ1v) is 16.8. The van der Waals surface area contributed by atoms with Gasteiger partial charge < -0.3 is 9.05 Å². The van der Waals surface area contributed by atoms with E-state index in [9.17, 15) is 0 Å². The van der Waals surface area contributed by atoms with Gasteiger partial charge in [0.1, 0.15) is 11.5 Å². The summed E-state index contributed by atoms with van der Waals surface area (Å²) < 4.78 is 19.7. The van der Waals surface area contributed by atoms with Crippen molar-refractivity contribution in [2.75, 3.05) is 0 Å². The van der Waals surface area contributed by atoms with Crippen molar-refractivity contribution in [3.05, 3.63) is 72.8 Å². The molecule has 0 aromatic heterocycles. The van der Waals surface area contributed by atoms with E-state index in [0.29, 0.717) is 0 Å². The van der Waals surface area contributed by atoms with E-state index in [2.05, 4.69) is 39.8 Å². The molecule has 210 valence electrons. The van der Waals surface area contributed by atoms with Crippen LogP contribution >= 0.6 is 7.51 Å². The highest BCUT2D eigenvalue weighted by atomic mass is 31.2. The second kappa shape index (κ2) is 15.6. The van der Waals surface area contributed by atoms with E-state index in [0.717, 1.165) is 30.8 Å². The largest absolute Gasteiger partial charge is 0.429 e. The maximum Gasteiger partial charge on any atom is 0.324 e. The van der Waals surface area contributed by atoms with Crippen LogP contribution in [0.25, 0.3) is 0 Å². The van der Waals surface area contributed by atoms with Gasteiger partial charge in [0, 0.05) is 0 Å². The van der Waals surface area contributed by atoms with Crippen LogP contribution in [0.1, 0.15) is 118 Å². The second-order valence-electron chi connectivity index (χ2n) is 11.8. The van der Waals surface area contributed by atoms with Gasteiger partial charge in [-0.1, -0.05) is 120 Å².